The average molecular weight is 302 g/mol. The molecule has 112 valence electrons. The summed E-state index contributed by atoms with van der Waals surface area (Å²) in [4.78, 5) is 10.4. The van der Waals surface area contributed by atoms with E-state index < -0.39 is 0 Å². The van der Waals surface area contributed by atoms with Crippen molar-refractivity contribution in [3.63, 3.8) is 0 Å². The molecule has 0 saturated carbocycles. The van der Waals surface area contributed by atoms with Gasteiger partial charge in [-0.2, -0.15) is 0 Å². The lowest BCUT2D eigenvalue weighted by molar-refractivity contribution is 0.749. The van der Waals surface area contributed by atoms with Crippen molar-refractivity contribution < 1.29 is 0 Å². The molecule has 0 spiro atoms. The van der Waals surface area contributed by atoms with Crippen LogP contribution in [0.1, 0.15) is 42.3 Å². The molecule has 4 nitrogen and oxygen atoms in total. The molecule has 0 saturated heterocycles. The first-order valence-electron chi connectivity index (χ1n) is 7.02. The quantitative estimate of drug-likeness (QED) is 0.508. The minimum absolute atomic E-state index is 0.260. The second kappa shape index (κ2) is 6.45. The average Bonchev–Trinajstić information content (AvgIpc) is 2.44. The fourth-order valence-corrected chi connectivity index (χ4v) is 3.00. The predicted octanol–water partition coefficient (Wildman–Crippen LogP) is 3.96. The summed E-state index contributed by atoms with van der Waals surface area (Å²) in [5.74, 6) is 7.35. The second-order valence-electron chi connectivity index (χ2n) is 5.53. The first-order valence-corrected chi connectivity index (χ1v) is 7.84. The number of nitrogens with two attached hydrogens (primary N) is 1. The zero-order valence-corrected chi connectivity index (χ0v) is 14.0. The summed E-state index contributed by atoms with van der Waals surface area (Å²) in [6.45, 7) is 10.4. The number of nitrogens with zero attached hydrogens (tertiary/aromatic N) is 2. The molecule has 0 fully saturated rings. The Morgan fingerprint density at radius 1 is 1.14 bits per heavy atom. The smallest absolute Gasteiger partial charge is 0.147 e. The summed E-state index contributed by atoms with van der Waals surface area (Å²) in [5.41, 5.74) is 6.15. The van der Waals surface area contributed by atoms with E-state index in [1.807, 2.05) is 6.92 Å². The van der Waals surface area contributed by atoms with Crippen molar-refractivity contribution in [2.45, 2.75) is 50.5 Å². The number of hydrogen-bond donors (Lipinski definition) is 2. The van der Waals surface area contributed by atoms with Crippen LogP contribution in [0.3, 0.4) is 0 Å². The van der Waals surface area contributed by atoms with Crippen LogP contribution in [-0.2, 0) is 0 Å². The van der Waals surface area contributed by atoms with Gasteiger partial charge >= 0.3 is 0 Å². The van der Waals surface area contributed by atoms with Crippen molar-refractivity contribution in [3.8, 4) is 0 Å². The highest BCUT2D eigenvalue weighted by atomic mass is 32.2. The molecule has 2 aromatic rings. The van der Waals surface area contributed by atoms with Crippen LogP contribution in [0.15, 0.2) is 28.1 Å². The van der Waals surface area contributed by atoms with Gasteiger partial charge in [0.25, 0.3) is 0 Å². The zero-order valence-electron chi connectivity index (χ0n) is 13.2. The monoisotopic (exact) mass is 302 g/mol. The summed E-state index contributed by atoms with van der Waals surface area (Å²) < 4.78 is 0. The highest BCUT2D eigenvalue weighted by Gasteiger charge is 2.14. The molecule has 0 aliphatic heterocycles. The van der Waals surface area contributed by atoms with Gasteiger partial charge in [-0.25, -0.2) is 15.8 Å². The normalized spacial score (nSPS) is 11.0. The van der Waals surface area contributed by atoms with Crippen molar-refractivity contribution >= 4 is 17.6 Å². The van der Waals surface area contributed by atoms with Gasteiger partial charge in [0.05, 0.1) is 0 Å². The third-order valence-electron chi connectivity index (χ3n) is 3.32. The molecule has 0 amide bonds. The molecule has 2 rings (SSSR count). The van der Waals surface area contributed by atoms with Crippen LogP contribution in [0, 0.1) is 20.8 Å². The fourth-order valence-electron chi connectivity index (χ4n) is 1.93. The Hall–Kier alpha value is -1.59. The Balaban J connectivity index is 2.47. The van der Waals surface area contributed by atoms with E-state index in [9.17, 15) is 0 Å². The summed E-state index contributed by atoms with van der Waals surface area (Å²) in [5, 5.41) is 0.954. The van der Waals surface area contributed by atoms with E-state index in [1.165, 1.54) is 16.0 Å². The maximum absolute atomic E-state index is 5.59. The SMILES string of the molecule is Cc1ccc(C)c(Sc2nc(C(C)C)nc(NN)c2C)c1. The van der Waals surface area contributed by atoms with Crippen molar-refractivity contribution in [3.05, 3.63) is 40.7 Å². The molecule has 0 aliphatic rings. The molecule has 21 heavy (non-hydrogen) atoms. The van der Waals surface area contributed by atoms with Gasteiger partial charge in [-0.15, -0.1) is 0 Å². The van der Waals surface area contributed by atoms with Gasteiger partial charge in [-0.3, -0.25) is 0 Å². The van der Waals surface area contributed by atoms with E-state index in [0.717, 1.165) is 16.4 Å². The Morgan fingerprint density at radius 3 is 2.48 bits per heavy atom. The Bertz CT molecular complexity index is 653. The van der Waals surface area contributed by atoms with Crippen molar-refractivity contribution in [1.29, 1.82) is 0 Å². The number of hydrazine groups is 1. The van der Waals surface area contributed by atoms with Gasteiger partial charge in [-0.05, 0) is 38.0 Å². The number of nitrogens with one attached hydrogen (secondary N) is 1. The second-order valence-corrected chi connectivity index (χ2v) is 6.56. The number of anilines is 1. The predicted molar refractivity (Wildman–Crippen MR) is 88.7 cm³/mol. The first-order chi connectivity index (χ1) is 9.92. The molecule has 0 aliphatic carbocycles. The number of aromatic nitrogens is 2. The third-order valence-corrected chi connectivity index (χ3v) is 4.57. The topological polar surface area (TPSA) is 63.8 Å². The van der Waals surface area contributed by atoms with Gasteiger partial charge in [0.15, 0.2) is 0 Å². The Labute approximate surface area is 130 Å². The molecule has 1 aromatic carbocycles. The fraction of sp³-hybridized carbons (Fsp3) is 0.375. The number of rotatable bonds is 4. The minimum atomic E-state index is 0.260. The summed E-state index contributed by atoms with van der Waals surface area (Å²) in [6.07, 6.45) is 0. The molecular weight excluding hydrogens is 280 g/mol. The van der Waals surface area contributed by atoms with Crippen LogP contribution in [0.4, 0.5) is 5.82 Å². The minimum Gasteiger partial charge on any atom is -0.308 e. The van der Waals surface area contributed by atoms with Gasteiger partial charge in [0.2, 0.25) is 0 Å². The number of aryl methyl sites for hydroxylation is 2. The molecule has 0 radical (unpaired) electrons. The van der Waals surface area contributed by atoms with E-state index in [2.05, 4.69) is 56.3 Å². The third kappa shape index (κ3) is 3.54. The van der Waals surface area contributed by atoms with Crippen LogP contribution < -0.4 is 11.3 Å². The molecule has 1 aromatic heterocycles. The highest BCUT2D eigenvalue weighted by Crippen LogP contribution is 2.34. The molecule has 1 heterocycles. The lowest BCUT2D eigenvalue weighted by Gasteiger charge is -2.14. The van der Waals surface area contributed by atoms with Gasteiger partial charge in [0.1, 0.15) is 16.7 Å². The summed E-state index contributed by atoms with van der Waals surface area (Å²) in [6, 6.07) is 6.45. The molecule has 0 unspecified atom stereocenters. The maximum atomic E-state index is 5.59. The van der Waals surface area contributed by atoms with Gasteiger partial charge in [0, 0.05) is 16.4 Å². The largest absolute Gasteiger partial charge is 0.308 e. The van der Waals surface area contributed by atoms with E-state index >= 15 is 0 Å². The van der Waals surface area contributed by atoms with Crippen LogP contribution in [0.5, 0.6) is 0 Å². The van der Waals surface area contributed by atoms with Crippen LogP contribution in [0.25, 0.3) is 0 Å². The van der Waals surface area contributed by atoms with Gasteiger partial charge in [-0.1, -0.05) is 37.7 Å². The molecular formula is C16H22N4S. The summed E-state index contributed by atoms with van der Waals surface area (Å²) in [7, 11) is 0. The van der Waals surface area contributed by atoms with E-state index in [0.29, 0.717) is 5.82 Å². The maximum Gasteiger partial charge on any atom is 0.147 e. The Kier molecular flexibility index (Phi) is 4.85. The molecule has 5 heteroatoms. The van der Waals surface area contributed by atoms with E-state index in [-0.39, 0.29) is 5.92 Å². The van der Waals surface area contributed by atoms with Crippen molar-refractivity contribution in [1.82, 2.24) is 9.97 Å². The van der Waals surface area contributed by atoms with Gasteiger partial charge < -0.3 is 5.43 Å². The molecule has 3 N–H and O–H groups in total. The van der Waals surface area contributed by atoms with Crippen LogP contribution >= 0.6 is 11.8 Å². The van der Waals surface area contributed by atoms with Crippen LogP contribution in [0.2, 0.25) is 0 Å². The lowest BCUT2D eigenvalue weighted by atomic mass is 10.2. The van der Waals surface area contributed by atoms with E-state index in [4.69, 9.17) is 10.8 Å². The van der Waals surface area contributed by atoms with Crippen molar-refractivity contribution in [2.24, 2.45) is 5.84 Å². The number of hydrogen-bond acceptors (Lipinski definition) is 5. The lowest BCUT2D eigenvalue weighted by Crippen LogP contribution is -2.13. The molecule has 0 atom stereocenters. The highest BCUT2D eigenvalue weighted by molar-refractivity contribution is 7.99. The number of benzene rings is 1. The standard InChI is InChI=1S/C16H22N4S/c1-9(2)14-18-15(20-17)12(5)16(19-14)21-13-8-10(3)6-7-11(13)4/h6-9H,17H2,1-5H3,(H,18,19,20). The Morgan fingerprint density at radius 2 is 1.86 bits per heavy atom. The number of nitrogen functional groups attached to an aromatic ring is 1. The van der Waals surface area contributed by atoms with Crippen molar-refractivity contribution in [2.75, 3.05) is 5.43 Å². The van der Waals surface area contributed by atoms with Crippen LogP contribution in [-0.4, -0.2) is 9.97 Å². The molecule has 0 bridgehead atoms. The first kappa shape index (κ1) is 15.8. The zero-order chi connectivity index (χ0) is 15.6. The van der Waals surface area contributed by atoms with E-state index in [1.54, 1.807) is 11.8 Å². The summed E-state index contributed by atoms with van der Waals surface area (Å²) >= 11 is 1.67.